The number of nitrogens with zero attached hydrogens (tertiary/aromatic N) is 3. The first kappa shape index (κ1) is 19.6. The number of hydrogen-bond acceptors (Lipinski definition) is 8. The van der Waals surface area contributed by atoms with Gasteiger partial charge in [-0.25, -0.2) is 0 Å². The van der Waals surface area contributed by atoms with Crippen molar-refractivity contribution >= 4 is 23.5 Å². The summed E-state index contributed by atoms with van der Waals surface area (Å²) >= 11 is 0. The average Bonchev–Trinajstić information content (AvgIpc) is 3.08. The molecule has 3 N–H and O–H groups in total. The number of hydrogen-bond donors (Lipinski definition) is 2. The topological polar surface area (TPSA) is 114 Å². The van der Waals surface area contributed by atoms with Crippen LogP contribution in [0.3, 0.4) is 0 Å². The van der Waals surface area contributed by atoms with E-state index in [9.17, 15) is 4.79 Å². The number of carbonyl (C=O) groups is 1. The number of nitrogens with one attached hydrogen (secondary N) is 1. The van der Waals surface area contributed by atoms with Crippen LogP contribution in [-0.4, -0.2) is 40.0 Å². The van der Waals surface area contributed by atoms with E-state index in [2.05, 4.69) is 15.4 Å². The number of benzene rings is 2. The van der Waals surface area contributed by atoms with Crippen molar-refractivity contribution in [1.82, 2.24) is 14.8 Å². The molecule has 30 heavy (non-hydrogen) atoms. The maximum absolute atomic E-state index is 12.9. The van der Waals surface area contributed by atoms with E-state index < -0.39 is 0 Å². The van der Waals surface area contributed by atoms with E-state index in [0.29, 0.717) is 36.0 Å². The Morgan fingerprint density at radius 1 is 1.17 bits per heavy atom. The molecule has 0 radical (unpaired) electrons. The molecular formula is C21H23N5O4. The Balaban J connectivity index is 1.54. The van der Waals surface area contributed by atoms with Gasteiger partial charge >= 0.3 is 0 Å². The Morgan fingerprint density at radius 3 is 2.67 bits per heavy atom. The number of nitrogen functional groups attached to an aromatic ring is 1. The van der Waals surface area contributed by atoms with E-state index in [1.165, 1.54) is 0 Å². The number of nitrogens with two attached hydrogens (primary N) is 1. The van der Waals surface area contributed by atoms with Gasteiger partial charge in [0, 0.05) is 17.3 Å². The summed E-state index contributed by atoms with van der Waals surface area (Å²) in [6.45, 7) is 6.80. The monoisotopic (exact) mass is 409 g/mol. The predicted molar refractivity (Wildman–Crippen MR) is 112 cm³/mol. The molecule has 3 aromatic rings. The van der Waals surface area contributed by atoms with Crippen molar-refractivity contribution in [2.75, 3.05) is 24.3 Å². The largest absolute Gasteiger partial charge is 0.491 e. The van der Waals surface area contributed by atoms with Gasteiger partial charge in [0.05, 0.1) is 6.10 Å². The third-order valence-corrected chi connectivity index (χ3v) is 4.41. The van der Waals surface area contributed by atoms with Crippen molar-refractivity contribution in [3.63, 3.8) is 0 Å². The molecule has 0 fully saturated rings. The van der Waals surface area contributed by atoms with Gasteiger partial charge in [0.2, 0.25) is 11.9 Å². The van der Waals surface area contributed by atoms with Gasteiger partial charge in [-0.05, 0) is 56.7 Å². The molecule has 0 saturated heterocycles. The molecule has 0 unspecified atom stereocenters. The molecule has 1 aliphatic heterocycles. The van der Waals surface area contributed by atoms with Crippen LogP contribution in [-0.2, 0) is 0 Å². The summed E-state index contributed by atoms with van der Waals surface area (Å²) in [5.74, 6) is 1.85. The van der Waals surface area contributed by atoms with E-state index in [1.54, 1.807) is 30.3 Å². The highest BCUT2D eigenvalue weighted by Crippen LogP contribution is 2.33. The lowest BCUT2D eigenvalue weighted by Crippen LogP contribution is -2.17. The van der Waals surface area contributed by atoms with Gasteiger partial charge in [0.15, 0.2) is 11.5 Å². The maximum Gasteiger partial charge on any atom is 0.281 e. The number of ether oxygens (including phenoxy) is 3. The summed E-state index contributed by atoms with van der Waals surface area (Å²) in [5, 5.41) is 7.24. The number of fused-ring (bicyclic) bond motifs is 1. The standard InChI is InChI=1S/C21H23N5O4/c1-12(2)30-16-6-4-14(10-13(16)3)19(27)26-20(22)24-21(25-26)23-15-5-7-17-18(11-15)29-9-8-28-17/h4-7,10-12H,8-9H2,1-3H3,(H3,22,23,24,25). The van der Waals surface area contributed by atoms with E-state index >= 15 is 0 Å². The molecule has 0 saturated carbocycles. The van der Waals surface area contributed by atoms with Crippen LogP contribution in [0.4, 0.5) is 17.6 Å². The van der Waals surface area contributed by atoms with Gasteiger partial charge in [0.1, 0.15) is 19.0 Å². The molecule has 0 aliphatic carbocycles. The minimum absolute atomic E-state index is 0.0137. The highest BCUT2D eigenvalue weighted by Gasteiger charge is 2.18. The molecule has 1 aromatic heterocycles. The fourth-order valence-corrected chi connectivity index (χ4v) is 3.07. The van der Waals surface area contributed by atoms with E-state index in [1.807, 2.05) is 26.8 Å². The van der Waals surface area contributed by atoms with Crippen LogP contribution in [0.5, 0.6) is 17.2 Å². The van der Waals surface area contributed by atoms with Crippen LogP contribution in [0.15, 0.2) is 36.4 Å². The number of carbonyl (C=O) groups excluding carboxylic acids is 1. The second kappa shape index (κ2) is 7.94. The Kier molecular flexibility index (Phi) is 5.18. The number of anilines is 3. The zero-order valence-corrected chi connectivity index (χ0v) is 17.0. The van der Waals surface area contributed by atoms with Crippen molar-refractivity contribution in [2.24, 2.45) is 0 Å². The first-order valence-electron chi connectivity index (χ1n) is 9.62. The van der Waals surface area contributed by atoms with Crippen LogP contribution in [0.2, 0.25) is 0 Å². The number of rotatable bonds is 5. The van der Waals surface area contributed by atoms with Crippen molar-refractivity contribution in [3.8, 4) is 17.2 Å². The van der Waals surface area contributed by atoms with Crippen molar-refractivity contribution in [3.05, 3.63) is 47.5 Å². The highest BCUT2D eigenvalue weighted by molar-refractivity contribution is 5.97. The molecule has 9 heteroatoms. The highest BCUT2D eigenvalue weighted by atomic mass is 16.6. The number of aryl methyl sites for hydroxylation is 1. The molecule has 2 aromatic carbocycles. The quantitative estimate of drug-likeness (QED) is 0.661. The van der Waals surface area contributed by atoms with Crippen LogP contribution >= 0.6 is 0 Å². The van der Waals surface area contributed by atoms with Gasteiger partial charge in [-0.3, -0.25) is 4.79 Å². The average molecular weight is 409 g/mol. The van der Waals surface area contributed by atoms with E-state index in [0.717, 1.165) is 16.0 Å². The molecule has 0 spiro atoms. The maximum atomic E-state index is 12.9. The van der Waals surface area contributed by atoms with E-state index in [-0.39, 0.29) is 23.9 Å². The lowest BCUT2D eigenvalue weighted by Gasteiger charge is -2.18. The molecule has 0 atom stereocenters. The second-order valence-electron chi connectivity index (χ2n) is 7.14. The van der Waals surface area contributed by atoms with Crippen LogP contribution in [0.25, 0.3) is 0 Å². The Hall–Kier alpha value is -3.75. The summed E-state index contributed by atoms with van der Waals surface area (Å²) in [6, 6.07) is 10.6. The van der Waals surface area contributed by atoms with Crippen LogP contribution < -0.4 is 25.3 Å². The lowest BCUT2D eigenvalue weighted by atomic mass is 10.1. The minimum Gasteiger partial charge on any atom is -0.491 e. The first-order valence-corrected chi connectivity index (χ1v) is 9.62. The molecule has 4 rings (SSSR count). The van der Waals surface area contributed by atoms with Crippen LogP contribution in [0, 0.1) is 6.92 Å². The molecule has 9 nitrogen and oxygen atoms in total. The third-order valence-electron chi connectivity index (χ3n) is 4.41. The summed E-state index contributed by atoms with van der Waals surface area (Å²) < 4.78 is 17.9. The van der Waals surface area contributed by atoms with Gasteiger partial charge in [0.25, 0.3) is 5.91 Å². The SMILES string of the molecule is Cc1cc(C(=O)n2nc(Nc3ccc4c(c3)OCCO4)nc2N)ccc1OC(C)C. The minimum atomic E-state index is -0.380. The summed E-state index contributed by atoms with van der Waals surface area (Å²) in [5.41, 5.74) is 7.91. The smallest absolute Gasteiger partial charge is 0.281 e. The fraction of sp³-hybridized carbons (Fsp3) is 0.286. The lowest BCUT2D eigenvalue weighted by molar-refractivity contribution is 0.0948. The zero-order chi connectivity index (χ0) is 21.3. The summed E-state index contributed by atoms with van der Waals surface area (Å²) in [4.78, 5) is 17.0. The van der Waals surface area contributed by atoms with Gasteiger partial charge in [-0.1, -0.05) is 0 Å². The Labute approximate surface area is 173 Å². The van der Waals surface area contributed by atoms with Gasteiger partial charge < -0.3 is 25.3 Å². The molecule has 0 bridgehead atoms. The van der Waals surface area contributed by atoms with E-state index in [4.69, 9.17) is 19.9 Å². The molecular weight excluding hydrogens is 386 g/mol. The van der Waals surface area contributed by atoms with Crippen molar-refractivity contribution in [1.29, 1.82) is 0 Å². The normalized spacial score (nSPS) is 12.7. The summed E-state index contributed by atoms with van der Waals surface area (Å²) in [6.07, 6.45) is 0.0467. The van der Waals surface area contributed by atoms with Crippen LogP contribution in [0.1, 0.15) is 29.8 Å². The molecule has 156 valence electrons. The molecule has 1 aliphatic rings. The molecule has 0 amide bonds. The number of aromatic nitrogens is 3. The summed E-state index contributed by atoms with van der Waals surface area (Å²) in [7, 11) is 0. The zero-order valence-electron chi connectivity index (χ0n) is 17.0. The first-order chi connectivity index (χ1) is 14.4. The Bertz CT molecular complexity index is 1090. The molecule has 2 heterocycles. The van der Waals surface area contributed by atoms with Crippen molar-refractivity contribution < 1.29 is 19.0 Å². The van der Waals surface area contributed by atoms with Gasteiger partial charge in [-0.15, -0.1) is 5.10 Å². The second-order valence-corrected chi connectivity index (χ2v) is 7.14. The Morgan fingerprint density at radius 2 is 1.93 bits per heavy atom. The van der Waals surface area contributed by atoms with Gasteiger partial charge in [-0.2, -0.15) is 9.67 Å². The fourth-order valence-electron chi connectivity index (χ4n) is 3.07. The third kappa shape index (κ3) is 4.00. The van der Waals surface area contributed by atoms with Crippen molar-refractivity contribution in [2.45, 2.75) is 26.9 Å². The predicted octanol–water partition coefficient (Wildman–Crippen LogP) is 3.16.